The summed E-state index contributed by atoms with van der Waals surface area (Å²) in [6, 6.07) is 8.03. The van der Waals surface area contributed by atoms with Crippen molar-refractivity contribution in [1.29, 1.82) is 0 Å². The number of hydrogen-bond acceptors (Lipinski definition) is 3. The molecule has 2 amide bonds. The molecule has 3 rings (SSSR count). The maximum Gasteiger partial charge on any atom is 0.253 e. The highest BCUT2D eigenvalue weighted by atomic mass is 32.2. The number of nitrogens with zero attached hydrogens (tertiary/aromatic N) is 2. The Bertz CT molecular complexity index is 698. The van der Waals surface area contributed by atoms with Gasteiger partial charge in [-0.15, -0.1) is 11.8 Å². The predicted molar refractivity (Wildman–Crippen MR) is 112 cm³/mol. The molecule has 1 spiro atoms. The molecule has 1 aromatic rings. The minimum atomic E-state index is -0.103. The molecule has 0 aliphatic carbocycles. The maximum atomic E-state index is 12.9. The van der Waals surface area contributed by atoms with E-state index in [0.29, 0.717) is 13.1 Å². The van der Waals surface area contributed by atoms with Gasteiger partial charge in [0, 0.05) is 36.9 Å². The zero-order valence-corrected chi connectivity index (χ0v) is 18.1. The third kappa shape index (κ3) is 4.03. The number of carbonyl (C=O) groups is 2. The first-order valence-corrected chi connectivity index (χ1v) is 11.0. The van der Waals surface area contributed by atoms with Gasteiger partial charge >= 0.3 is 0 Å². The second kappa shape index (κ2) is 7.50. The number of amides is 2. The molecule has 5 heteroatoms. The van der Waals surface area contributed by atoms with E-state index < -0.39 is 0 Å². The van der Waals surface area contributed by atoms with Gasteiger partial charge in [-0.25, -0.2) is 0 Å². The van der Waals surface area contributed by atoms with Gasteiger partial charge in [0.25, 0.3) is 5.91 Å². The average Bonchev–Trinajstić information content (AvgIpc) is 3.03. The molecule has 0 N–H and O–H groups in total. The van der Waals surface area contributed by atoms with E-state index in [1.807, 2.05) is 42.6 Å². The summed E-state index contributed by atoms with van der Waals surface area (Å²) in [6.45, 7) is 12.7. The summed E-state index contributed by atoms with van der Waals surface area (Å²) in [4.78, 5) is 29.5. The number of benzene rings is 1. The Morgan fingerprint density at radius 1 is 1.04 bits per heavy atom. The number of hydrogen-bond donors (Lipinski definition) is 0. The van der Waals surface area contributed by atoms with Crippen molar-refractivity contribution in [1.82, 2.24) is 9.80 Å². The third-order valence-corrected chi connectivity index (χ3v) is 7.32. The van der Waals surface area contributed by atoms with Crippen molar-refractivity contribution in [2.75, 3.05) is 25.4 Å². The van der Waals surface area contributed by atoms with Crippen LogP contribution in [-0.2, 0) is 10.2 Å². The Hall–Kier alpha value is -1.49. The van der Waals surface area contributed by atoms with Crippen LogP contribution in [0.25, 0.3) is 0 Å². The topological polar surface area (TPSA) is 40.6 Å². The third-order valence-electron chi connectivity index (χ3n) is 5.77. The second-order valence-corrected chi connectivity index (χ2v) is 10.5. The Morgan fingerprint density at radius 3 is 2.15 bits per heavy atom. The lowest BCUT2D eigenvalue weighted by Crippen LogP contribution is -2.54. The van der Waals surface area contributed by atoms with Crippen LogP contribution >= 0.6 is 11.8 Å². The fourth-order valence-corrected chi connectivity index (χ4v) is 5.46. The van der Waals surface area contributed by atoms with Crippen molar-refractivity contribution in [3.63, 3.8) is 0 Å². The maximum absolute atomic E-state index is 12.9. The van der Waals surface area contributed by atoms with Gasteiger partial charge in [-0.2, -0.15) is 0 Å². The summed E-state index contributed by atoms with van der Waals surface area (Å²) < 4.78 is 0. The summed E-state index contributed by atoms with van der Waals surface area (Å²) in [5, 5.41) is 0. The fourth-order valence-electron chi connectivity index (χ4n) is 4.00. The molecule has 2 heterocycles. The van der Waals surface area contributed by atoms with E-state index in [1.165, 1.54) is 5.56 Å². The standard InChI is InChI=1S/C22H32N2O2S/c1-16(2)19(25)24-14-15-27-22(24)10-12-23(13-11-22)20(26)17-6-8-18(9-7-17)21(3,4)5/h6-9,16H,10-15H2,1-5H3. The number of thioether (sulfide) groups is 1. The molecule has 0 radical (unpaired) electrons. The molecule has 148 valence electrons. The van der Waals surface area contributed by atoms with Gasteiger partial charge in [-0.3, -0.25) is 9.59 Å². The van der Waals surface area contributed by atoms with Gasteiger partial charge < -0.3 is 9.80 Å². The molecule has 2 fully saturated rings. The highest BCUT2D eigenvalue weighted by Gasteiger charge is 2.47. The summed E-state index contributed by atoms with van der Waals surface area (Å²) in [6.07, 6.45) is 1.73. The van der Waals surface area contributed by atoms with E-state index in [0.717, 1.165) is 30.7 Å². The lowest BCUT2D eigenvalue weighted by Gasteiger charge is -2.44. The van der Waals surface area contributed by atoms with Crippen molar-refractivity contribution in [3.8, 4) is 0 Å². The van der Waals surface area contributed by atoms with Gasteiger partial charge in [0.15, 0.2) is 0 Å². The molecular formula is C22H32N2O2S. The molecule has 1 aromatic carbocycles. The molecule has 0 saturated carbocycles. The van der Waals surface area contributed by atoms with Crippen LogP contribution in [0.5, 0.6) is 0 Å². The lowest BCUT2D eigenvalue weighted by molar-refractivity contribution is -0.137. The van der Waals surface area contributed by atoms with Gasteiger partial charge in [-0.05, 0) is 36.0 Å². The number of likely N-dealkylation sites (tertiary alicyclic amines) is 1. The highest BCUT2D eigenvalue weighted by molar-refractivity contribution is 8.00. The molecule has 0 aromatic heterocycles. The van der Waals surface area contributed by atoms with Crippen LogP contribution in [0.4, 0.5) is 0 Å². The quantitative estimate of drug-likeness (QED) is 0.764. The molecule has 2 aliphatic heterocycles. The van der Waals surface area contributed by atoms with E-state index in [1.54, 1.807) is 0 Å². The van der Waals surface area contributed by atoms with E-state index in [9.17, 15) is 9.59 Å². The number of piperidine rings is 1. The van der Waals surface area contributed by atoms with Crippen molar-refractivity contribution in [2.24, 2.45) is 5.92 Å². The van der Waals surface area contributed by atoms with E-state index >= 15 is 0 Å². The Kier molecular flexibility index (Phi) is 5.62. The van der Waals surface area contributed by atoms with Gasteiger partial charge in [0.05, 0.1) is 4.87 Å². The van der Waals surface area contributed by atoms with Gasteiger partial charge in [-0.1, -0.05) is 46.8 Å². The monoisotopic (exact) mass is 388 g/mol. The molecular weight excluding hydrogens is 356 g/mol. The largest absolute Gasteiger partial charge is 0.338 e. The predicted octanol–water partition coefficient (Wildman–Crippen LogP) is 4.15. The molecule has 2 saturated heterocycles. The van der Waals surface area contributed by atoms with Crippen LogP contribution in [0.1, 0.15) is 63.4 Å². The highest BCUT2D eigenvalue weighted by Crippen LogP contribution is 2.44. The molecule has 27 heavy (non-hydrogen) atoms. The van der Waals surface area contributed by atoms with Gasteiger partial charge in [0.2, 0.25) is 5.91 Å². The summed E-state index contributed by atoms with van der Waals surface area (Å²) in [5.41, 5.74) is 2.08. The number of rotatable bonds is 2. The van der Waals surface area contributed by atoms with Crippen molar-refractivity contribution < 1.29 is 9.59 Å². The molecule has 0 unspecified atom stereocenters. The first kappa shape index (κ1) is 20.2. The summed E-state index contributed by atoms with van der Waals surface area (Å²) in [7, 11) is 0. The molecule has 0 atom stereocenters. The summed E-state index contributed by atoms with van der Waals surface area (Å²) in [5.74, 6) is 1.38. The first-order valence-electron chi connectivity index (χ1n) is 9.99. The number of carbonyl (C=O) groups excluding carboxylic acids is 2. The Labute approximate surface area is 167 Å². The van der Waals surface area contributed by atoms with Crippen LogP contribution in [-0.4, -0.2) is 51.9 Å². The van der Waals surface area contributed by atoms with E-state index in [2.05, 4.69) is 37.8 Å². The molecule has 4 nitrogen and oxygen atoms in total. The van der Waals surface area contributed by atoms with Crippen LogP contribution in [0.3, 0.4) is 0 Å². The zero-order chi connectivity index (χ0) is 19.8. The lowest BCUT2D eigenvalue weighted by atomic mass is 9.86. The van der Waals surface area contributed by atoms with Crippen LogP contribution in [0.2, 0.25) is 0 Å². The smallest absolute Gasteiger partial charge is 0.253 e. The second-order valence-electron chi connectivity index (χ2n) is 9.06. The minimum Gasteiger partial charge on any atom is -0.338 e. The van der Waals surface area contributed by atoms with Crippen LogP contribution in [0, 0.1) is 5.92 Å². The van der Waals surface area contributed by atoms with Crippen LogP contribution < -0.4 is 0 Å². The van der Waals surface area contributed by atoms with E-state index in [-0.39, 0.29) is 28.0 Å². The minimum absolute atomic E-state index is 0.0292. The summed E-state index contributed by atoms with van der Waals surface area (Å²) >= 11 is 1.90. The molecule has 2 aliphatic rings. The van der Waals surface area contributed by atoms with Crippen molar-refractivity contribution in [3.05, 3.63) is 35.4 Å². The normalized spacial score (nSPS) is 19.8. The average molecular weight is 389 g/mol. The Balaban J connectivity index is 1.67. The van der Waals surface area contributed by atoms with Crippen LogP contribution in [0.15, 0.2) is 24.3 Å². The van der Waals surface area contributed by atoms with Crippen molar-refractivity contribution in [2.45, 2.75) is 57.7 Å². The van der Waals surface area contributed by atoms with Gasteiger partial charge in [0.1, 0.15) is 0 Å². The van der Waals surface area contributed by atoms with Crippen molar-refractivity contribution >= 4 is 23.6 Å². The fraction of sp³-hybridized carbons (Fsp3) is 0.636. The Morgan fingerprint density at radius 2 is 1.63 bits per heavy atom. The SMILES string of the molecule is CC(C)C(=O)N1CCSC12CCN(C(=O)c1ccc(C(C)(C)C)cc1)CC2. The van der Waals surface area contributed by atoms with E-state index in [4.69, 9.17) is 0 Å². The molecule has 0 bridgehead atoms. The first-order chi connectivity index (χ1) is 12.6. The zero-order valence-electron chi connectivity index (χ0n) is 17.2.